The number of hydrogen-bond donors (Lipinski definition) is 3. The number of carbonyl (C=O) groups is 2. The maximum atomic E-state index is 14.5. The summed E-state index contributed by atoms with van der Waals surface area (Å²) in [4.78, 5) is 25.3. The lowest BCUT2D eigenvalue weighted by molar-refractivity contribution is -0.124. The summed E-state index contributed by atoms with van der Waals surface area (Å²) in [5.41, 5.74) is 2.99. The molecular weight excluding hydrogens is 371 g/mol. The van der Waals surface area contributed by atoms with E-state index in [1.807, 2.05) is 13.0 Å². The van der Waals surface area contributed by atoms with E-state index in [1.54, 1.807) is 6.07 Å². The van der Waals surface area contributed by atoms with Gasteiger partial charge < -0.3 is 16.0 Å². The van der Waals surface area contributed by atoms with Crippen molar-refractivity contribution in [2.75, 3.05) is 6.54 Å². The molecule has 1 aliphatic carbocycles. The standard InChI is InChI=1S/C22H25FN4O2/c1-11-15(22(29)27-18-5-6-25-12(2)20(11)18)9-19(28)26-17-4-3-14-7-13(10-24)8-16(23)21(14)17/h7-8,12,17-18,20,25H,3-6,9H2,1-2H3,(H,26,28)(H,27,29)/t12?,17-,18?,20?/m0/s1. The Morgan fingerprint density at radius 2 is 2.17 bits per heavy atom. The highest BCUT2D eigenvalue weighted by atomic mass is 19.1. The highest BCUT2D eigenvalue weighted by Gasteiger charge is 2.39. The molecule has 2 amide bonds. The lowest BCUT2D eigenvalue weighted by Gasteiger charge is -2.42. The first-order valence-corrected chi connectivity index (χ1v) is 10.1. The molecule has 0 aromatic heterocycles. The van der Waals surface area contributed by atoms with Crippen LogP contribution in [0.3, 0.4) is 0 Å². The average Bonchev–Trinajstić information content (AvgIpc) is 3.08. The molecule has 2 aliphatic heterocycles. The predicted molar refractivity (Wildman–Crippen MR) is 105 cm³/mol. The molecule has 29 heavy (non-hydrogen) atoms. The van der Waals surface area contributed by atoms with Crippen LogP contribution in [0.2, 0.25) is 0 Å². The van der Waals surface area contributed by atoms with Crippen LogP contribution >= 0.6 is 0 Å². The molecule has 0 radical (unpaired) electrons. The highest BCUT2D eigenvalue weighted by Crippen LogP contribution is 2.35. The fourth-order valence-corrected chi connectivity index (χ4v) is 5.15. The van der Waals surface area contributed by atoms with Crippen molar-refractivity contribution in [2.24, 2.45) is 5.92 Å². The van der Waals surface area contributed by atoms with E-state index in [4.69, 9.17) is 5.26 Å². The normalized spacial score (nSPS) is 28.3. The van der Waals surface area contributed by atoms with E-state index >= 15 is 0 Å². The minimum atomic E-state index is -0.461. The third-order valence-electron chi connectivity index (χ3n) is 6.53. The number of rotatable bonds is 3. The van der Waals surface area contributed by atoms with Gasteiger partial charge in [0.05, 0.1) is 24.1 Å². The number of piperidine rings is 1. The second-order valence-corrected chi connectivity index (χ2v) is 8.28. The van der Waals surface area contributed by atoms with Crippen LogP contribution in [-0.4, -0.2) is 30.4 Å². The number of carbonyl (C=O) groups excluding carboxylic acids is 2. The van der Waals surface area contributed by atoms with Crippen molar-refractivity contribution in [1.29, 1.82) is 5.26 Å². The molecule has 0 spiro atoms. The van der Waals surface area contributed by atoms with Gasteiger partial charge in [0.2, 0.25) is 11.8 Å². The smallest absolute Gasteiger partial charge is 0.247 e. The van der Waals surface area contributed by atoms with Crippen LogP contribution in [0.5, 0.6) is 0 Å². The van der Waals surface area contributed by atoms with Crippen LogP contribution in [0.4, 0.5) is 4.39 Å². The Hall–Kier alpha value is -2.72. The third-order valence-corrected chi connectivity index (χ3v) is 6.53. The molecule has 3 N–H and O–H groups in total. The predicted octanol–water partition coefficient (Wildman–Crippen LogP) is 2.00. The number of hydrogen-bond acceptors (Lipinski definition) is 4. The van der Waals surface area contributed by atoms with Gasteiger partial charge in [-0.05, 0) is 57.4 Å². The number of amides is 2. The van der Waals surface area contributed by atoms with Gasteiger partial charge in [-0.3, -0.25) is 9.59 Å². The zero-order valence-electron chi connectivity index (χ0n) is 16.6. The maximum Gasteiger partial charge on any atom is 0.247 e. The molecule has 4 rings (SSSR count). The van der Waals surface area contributed by atoms with Gasteiger partial charge in [-0.25, -0.2) is 4.39 Å². The van der Waals surface area contributed by atoms with Gasteiger partial charge in [-0.2, -0.15) is 5.26 Å². The van der Waals surface area contributed by atoms with Gasteiger partial charge in [0.25, 0.3) is 0 Å². The molecule has 3 aliphatic rings. The van der Waals surface area contributed by atoms with Crippen molar-refractivity contribution in [1.82, 2.24) is 16.0 Å². The van der Waals surface area contributed by atoms with Gasteiger partial charge in [0, 0.05) is 29.1 Å². The summed E-state index contributed by atoms with van der Waals surface area (Å²) >= 11 is 0. The molecule has 1 fully saturated rings. The number of halogens is 1. The highest BCUT2D eigenvalue weighted by molar-refractivity contribution is 6.00. The molecule has 0 bridgehead atoms. The monoisotopic (exact) mass is 396 g/mol. The third kappa shape index (κ3) is 3.53. The zero-order chi connectivity index (χ0) is 20.7. The number of nitriles is 1. The summed E-state index contributed by atoms with van der Waals surface area (Å²) < 4.78 is 14.5. The molecule has 2 heterocycles. The quantitative estimate of drug-likeness (QED) is 0.729. The van der Waals surface area contributed by atoms with Crippen molar-refractivity contribution >= 4 is 11.8 Å². The molecule has 0 saturated carbocycles. The fraction of sp³-hybridized carbons (Fsp3) is 0.500. The first-order chi connectivity index (χ1) is 13.9. The summed E-state index contributed by atoms with van der Waals surface area (Å²) in [7, 11) is 0. The summed E-state index contributed by atoms with van der Waals surface area (Å²) in [6, 6.07) is 4.77. The molecule has 1 aromatic carbocycles. The van der Waals surface area contributed by atoms with E-state index < -0.39 is 11.9 Å². The van der Waals surface area contributed by atoms with E-state index in [-0.39, 0.29) is 41.8 Å². The Balaban J connectivity index is 1.51. The van der Waals surface area contributed by atoms with Crippen LogP contribution in [0.15, 0.2) is 23.3 Å². The summed E-state index contributed by atoms with van der Waals surface area (Å²) in [5, 5.41) is 18.4. The second kappa shape index (κ2) is 7.60. The molecule has 1 aromatic rings. The molecule has 4 atom stereocenters. The Bertz CT molecular complexity index is 949. The van der Waals surface area contributed by atoms with Crippen LogP contribution in [0.1, 0.15) is 55.8 Å². The first kappa shape index (κ1) is 19.6. The van der Waals surface area contributed by atoms with Crippen LogP contribution in [0, 0.1) is 23.1 Å². The number of benzene rings is 1. The van der Waals surface area contributed by atoms with Crippen LogP contribution < -0.4 is 16.0 Å². The van der Waals surface area contributed by atoms with Gasteiger partial charge in [-0.15, -0.1) is 0 Å². The largest absolute Gasteiger partial charge is 0.349 e. The van der Waals surface area contributed by atoms with Gasteiger partial charge in [0.15, 0.2) is 0 Å². The number of fused-ring (bicyclic) bond motifs is 2. The van der Waals surface area contributed by atoms with E-state index in [2.05, 4.69) is 22.9 Å². The Morgan fingerprint density at radius 3 is 2.93 bits per heavy atom. The molecule has 152 valence electrons. The summed E-state index contributed by atoms with van der Waals surface area (Å²) in [5.74, 6) is -0.744. The fourth-order valence-electron chi connectivity index (χ4n) is 5.15. The maximum absolute atomic E-state index is 14.5. The van der Waals surface area contributed by atoms with E-state index in [0.29, 0.717) is 24.0 Å². The number of aryl methyl sites for hydroxylation is 1. The van der Waals surface area contributed by atoms with E-state index in [0.717, 1.165) is 24.1 Å². The Labute approximate surface area is 169 Å². The SMILES string of the molecule is CC1=C(CC(=O)N[C@H]2CCc3cc(C#N)cc(F)c32)C(=O)NC2CCNC(C)C12. The van der Waals surface area contributed by atoms with Crippen molar-refractivity contribution in [3.63, 3.8) is 0 Å². The molecule has 1 saturated heterocycles. The van der Waals surface area contributed by atoms with Gasteiger partial charge in [0.1, 0.15) is 5.82 Å². The first-order valence-electron chi connectivity index (χ1n) is 10.1. The van der Waals surface area contributed by atoms with Gasteiger partial charge >= 0.3 is 0 Å². The lowest BCUT2D eigenvalue weighted by atomic mass is 9.76. The number of nitrogens with one attached hydrogen (secondary N) is 3. The van der Waals surface area contributed by atoms with Crippen molar-refractivity contribution in [2.45, 2.75) is 57.7 Å². The minimum absolute atomic E-state index is 0.0165. The number of nitrogens with zero attached hydrogens (tertiary/aromatic N) is 1. The molecule has 6 nitrogen and oxygen atoms in total. The van der Waals surface area contributed by atoms with Crippen LogP contribution in [-0.2, 0) is 16.0 Å². The average molecular weight is 396 g/mol. The molecule has 7 heteroatoms. The summed E-state index contributed by atoms with van der Waals surface area (Å²) in [6.07, 6.45) is 2.06. The van der Waals surface area contributed by atoms with Crippen molar-refractivity contribution < 1.29 is 14.0 Å². The zero-order valence-corrected chi connectivity index (χ0v) is 16.6. The van der Waals surface area contributed by atoms with E-state index in [9.17, 15) is 14.0 Å². The molecule has 3 unspecified atom stereocenters. The van der Waals surface area contributed by atoms with Crippen molar-refractivity contribution in [3.8, 4) is 6.07 Å². The van der Waals surface area contributed by atoms with Gasteiger partial charge in [-0.1, -0.05) is 5.57 Å². The lowest BCUT2D eigenvalue weighted by Crippen LogP contribution is -2.57. The molecular formula is C22H25FN4O2. The topological polar surface area (TPSA) is 94.0 Å². The second-order valence-electron chi connectivity index (χ2n) is 8.28. The van der Waals surface area contributed by atoms with Crippen molar-refractivity contribution in [3.05, 3.63) is 45.8 Å². The van der Waals surface area contributed by atoms with E-state index in [1.165, 1.54) is 6.07 Å². The Kier molecular flexibility index (Phi) is 5.13. The summed E-state index contributed by atoms with van der Waals surface area (Å²) in [6.45, 7) is 4.91. The Morgan fingerprint density at radius 1 is 1.38 bits per heavy atom. The minimum Gasteiger partial charge on any atom is -0.349 e. The van der Waals surface area contributed by atoms with Crippen LogP contribution in [0.25, 0.3) is 0 Å².